The third-order valence-corrected chi connectivity index (χ3v) is 2.88. The third-order valence-electron chi connectivity index (χ3n) is 2.61. The molecular formula is C13H5ClF4NO3-. The van der Waals surface area contributed by atoms with Gasteiger partial charge in [0.2, 0.25) is 5.95 Å². The van der Waals surface area contributed by atoms with Crippen molar-refractivity contribution in [2.75, 3.05) is 0 Å². The van der Waals surface area contributed by atoms with E-state index in [0.717, 1.165) is 12.3 Å². The van der Waals surface area contributed by atoms with Gasteiger partial charge in [-0.1, -0.05) is 11.6 Å². The number of halogens is 5. The first-order valence-corrected chi connectivity index (χ1v) is 5.98. The summed E-state index contributed by atoms with van der Waals surface area (Å²) >= 11 is 5.52. The smallest absolute Gasteiger partial charge is 0.387 e. The summed E-state index contributed by atoms with van der Waals surface area (Å²) in [6.45, 7) is -3.29. The fraction of sp³-hybridized carbons (Fsp3) is 0.0769. The number of carboxylic acids is 1. The van der Waals surface area contributed by atoms with Gasteiger partial charge in [-0.2, -0.15) is 13.2 Å². The number of hydrogen-bond acceptors (Lipinski definition) is 4. The van der Waals surface area contributed by atoms with Crippen molar-refractivity contribution in [2.24, 2.45) is 0 Å². The quantitative estimate of drug-likeness (QED) is 0.637. The molecular weight excluding hydrogens is 330 g/mol. The van der Waals surface area contributed by atoms with Crippen LogP contribution in [0, 0.1) is 11.8 Å². The molecule has 0 fully saturated rings. The molecule has 4 nitrogen and oxygen atoms in total. The average molecular weight is 335 g/mol. The number of pyridine rings is 1. The first-order chi connectivity index (χ1) is 10.3. The van der Waals surface area contributed by atoms with Crippen molar-refractivity contribution in [3.63, 3.8) is 0 Å². The molecule has 0 saturated carbocycles. The van der Waals surface area contributed by atoms with Crippen LogP contribution in [0.2, 0.25) is 5.02 Å². The molecule has 9 heteroatoms. The van der Waals surface area contributed by atoms with E-state index in [4.69, 9.17) is 11.6 Å². The number of carbonyl (C=O) groups is 1. The number of aromatic carboxylic acids is 1. The largest absolute Gasteiger partial charge is 0.545 e. The highest BCUT2D eigenvalue weighted by molar-refractivity contribution is 6.30. The normalized spacial score (nSPS) is 10.8. The molecule has 2 aromatic rings. The maximum atomic E-state index is 13.7. The highest BCUT2D eigenvalue weighted by Gasteiger charge is 2.17. The molecule has 0 aliphatic carbocycles. The van der Waals surface area contributed by atoms with E-state index in [-0.39, 0.29) is 11.1 Å². The van der Waals surface area contributed by atoms with Crippen LogP contribution in [0.3, 0.4) is 0 Å². The monoisotopic (exact) mass is 334 g/mol. The summed E-state index contributed by atoms with van der Waals surface area (Å²) in [6.07, 6.45) is 0.910. The standard InChI is InChI=1S/C13H6ClF4NO3/c14-8-1-5(4-19-11(8)16)6-2-9(15)7(12(20)21)3-10(6)22-13(17)18/h1-4,13H,(H,20,21)/p-1. The number of ether oxygens (including phenoxy) is 1. The fourth-order valence-corrected chi connectivity index (χ4v) is 1.86. The van der Waals surface area contributed by atoms with Gasteiger partial charge in [0.05, 0.1) is 11.0 Å². The Balaban J connectivity index is 2.64. The molecule has 0 aliphatic heterocycles. The molecule has 0 amide bonds. The van der Waals surface area contributed by atoms with Gasteiger partial charge in [-0.05, 0) is 18.2 Å². The van der Waals surface area contributed by atoms with Crippen molar-refractivity contribution in [1.29, 1.82) is 0 Å². The Morgan fingerprint density at radius 2 is 1.95 bits per heavy atom. The van der Waals surface area contributed by atoms with Crippen molar-refractivity contribution in [3.8, 4) is 16.9 Å². The first kappa shape index (κ1) is 16.0. The summed E-state index contributed by atoms with van der Waals surface area (Å²) in [5.41, 5.74) is -1.26. The Morgan fingerprint density at radius 3 is 2.50 bits per heavy atom. The van der Waals surface area contributed by atoms with Gasteiger partial charge in [-0.25, -0.2) is 9.37 Å². The number of alkyl halides is 2. The van der Waals surface area contributed by atoms with Gasteiger partial charge in [-0.15, -0.1) is 0 Å². The summed E-state index contributed by atoms with van der Waals surface area (Å²) in [4.78, 5) is 14.0. The van der Waals surface area contributed by atoms with Crippen molar-refractivity contribution in [3.05, 3.63) is 46.7 Å². The number of carbonyl (C=O) groups excluding carboxylic acids is 1. The highest BCUT2D eigenvalue weighted by Crippen LogP contribution is 2.34. The van der Waals surface area contributed by atoms with Gasteiger partial charge < -0.3 is 14.6 Å². The van der Waals surface area contributed by atoms with Gasteiger partial charge in [0.1, 0.15) is 11.6 Å². The molecule has 0 atom stereocenters. The lowest BCUT2D eigenvalue weighted by atomic mass is 10.0. The Kier molecular flexibility index (Phi) is 4.51. The van der Waals surface area contributed by atoms with E-state index in [1.165, 1.54) is 0 Å². The van der Waals surface area contributed by atoms with Crippen LogP contribution < -0.4 is 9.84 Å². The molecule has 0 radical (unpaired) electrons. The first-order valence-electron chi connectivity index (χ1n) is 5.60. The lowest BCUT2D eigenvalue weighted by Gasteiger charge is -2.14. The van der Waals surface area contributed by atoms with E-state index in [0.29, 0.717) is 12.1 Å². The molecule has 0 bridgehead atoms. The number of carboxylic acid groups (broad SMARTS) is 1. The molecule has 1 aromatic heterocycles. The maximum absolute atomic E-state index is 13.7. The Labute approximate surface area is 125 Å². The fourth-order valence-electron chi connectivity index (χ4n) is 1.70. The lowest BCUT2D eigenvalue weighted by molar-refractivity contribution is -0.255. The van der Waals surface area contributed by atoms with E-state index < -0.39 is 40.7 Å². The molecule has 0 aliphatic rings. The second-order valence-corrected chi connectivity index (χ2v) is 4.40. The predicted molar refractivity (Wildman–Crippen MR) is 65.6 cm³/mol. The maximum Gasteiger partial charge on any atom is 0.387 e. The number of nitrogens with zero attached hydrogens (tertiary/aromatic N) is 1. The molecule has 0 saturated heterocycles. The second-order valence-electron chi connectivity index (χ2n) is 3.99. The Bertz CT molecular complexity index is 739. The minimum atomic E-state index is -3.29. The van der Waals surface area contributed by atoms with E-state index in [1.807, 2.05) is 0 Å². The van der Waals surface area contributed by atoms with E-state index in [2.05, 4.69) is 9.72 Å². The zero-order valence-corrected chi connectivity index (χ0v) is 11.2. The van der Waals surface area contributed by atoms with Crippen molar-refractivity contribution >= 4 is 17.6 Å². The SMILES string of the molecule is O=C([O-])c1cc(OC(F)F)c(-c2cnc(F)c(Cl)c2)cc1F. The minimum Gasteiger partial charge on any atom is -0.545 e. The van der Waals surface area contributed by atoms with Gasteiger partial charge in [0.25, 0.3) is 0 Å². The summed E-state index contributed by atoms with van der Waals surface area (Å²) in [5, 5.41) is 10.3. The van der Waals surface area contributed by atoms with Gasteiger partial charge in [-0.3, -0.25) is 0 Å². The van der Waals surface area contributed by atoms with Crippen LogP contribution in [0.15, 0.2) is 24.4 Å². The van der Waals surface area contributed by atoms with Crippen LogP contribution >= 0.6 is 11.6 Å². The van der Waals surface area contributed by atoms with Gasteiger partial charge >= 0.3 is 6.61 Å². The summed E-state index contributed by atoms with van der Waals surface area (Å²) < 4.78 is 55.7. The molecule has 0 N–H and O–H groups in total. The molecule has 1 aromatic carbocycles. The highest BCUT2D eigenvalue weighted by atomic mass is 35.5. The van der Waals surface area contributed by atoms with Crippen LogP contribution in [-0.4, -0.2) is 17.6 Å². The predicted octanol–water partition coefficient (Wildman–Crippen LogP) is 2.65. The van der Waals surface area contributed by atoms with E-state index in [1.54, 1.807) is 0 Å². The summed E-state index contributed by atoms with van der Waals surface area (Å²) in [6, 6.07) is 2.19. The molecule has 22 heavy (non-hydrogen) atoms. The van der Waals surface area contributed by atoms with Crippen LogP contribution in [0.25, 0.3) is 11.1 Å². The molecule has 0 unspecified atom stereocenters. The molecule has 0 spiro atoms. The summed E-state index contributed by atoms with van der Waals surface area (Å²) in [7, 11) is 0. The zero-order valence-electron chi connectivity index (χ0n) is 10.4. The topological polar surface area (TPSA) is 62.2 Å². The van der Waals surface area contributed by atoms with Crippen LogP contribution in [-0.2, 0) is 0 Å². The molecule has 116 valence electrons. The van der Waals surface area contributed by atoms with Gasteiger partial charge in [0.15, 0.2) is 0 Å². The van der Waals surface area contributed by atoms with Crippen molar-refractivity contribution < 1.29 is 32.2 Å². The van der Waals surface area contributed by atoms with Crippen molar-refractivity contribution in [2.45, 2.75) is 6.61 Å². The van der Waals surface area contributed by atoms with Gasteiger partial charge in [0, 0.05) is 22.9 Å². The summed E-state index contributed by atoms with van der Waals surface area (Å²) in [5.74, 6) is -4.79. The Morgan fingerprint density at radius 1 is 1.27 bits per heavy atom. The van der Waals surface area contributed by atoms with Crippen LogP contribution in [0.1, 0.15) is 10.4 Å². The number of aromatic nitrogens is 1. The number of rotatable bonds is 4. The zero-order chi connectivity index (χ0) is 16.4. The van der Waals surface area contributed by atoms with Crippen molar-refractivity contribution in [1.82, 2.24) is 4.98 Å². The second kappa shape index (κ2) is 6.18. The van der Waals surface area contributed by atoms with E-state index in [9.17, 15) is 27.5 Å². The molecule has 1 heterocycles. The Hall–Kier alpha value is -2.35. The number of hydrogen-bond donors (Lipinski definition) is 0. The van der Waals surface area contributed by atoms with E-state index >= 15 is 0 Å². The number of benzene rings is 1. The lowest BCUT2D eigenvalue weighted by Crippen LogP contribution is -2.23. The van der Waals surface area contributed by atoms with Crippen LogP contribution in [0.4, 0.5) is 17.6 Å². The molecule has 2 rings (SSSR count). The van der Waals surface area contributed by atoms with Crippen LogP contribution in [0.5, 0.6) is 5.75 Å². The average Bonchev–Trinajstić information content (AvgIpc) is 2.42. The third kappa shape index (κ3) is 3.28. The minimum absolute atomic E-state index is 0.0363.